The standard InChI is InChI=1S/C8H9O2S/c1-9-6-3-4-7(10-2)8(11)5-6/h3-5H,1-2H3. The molecule has 59 valence electrons. The first-order valence-corrected chi connectivity index (χ1v) is 3.58. The molecule has 1 radical (unpaired) electrons. The molecule has 0 aliphatic carbocycles. The van der Waals surface area contributed by atoms with Gasteiger partial charge in [-0.3, -0.25) is 0 Å². The second kappa shape index (κ2) is 3.44. The molecule has 11 heavy (non-hydrogen) atoms. The molecule has 0 aliphatic heterocycles. The van der Waals surface area contributed by atoms with Crippen molar-refractivity contribution in [2.24, 2.45) is 0 Å². The fourth-order valence-corrected chi connectivity index (χ4v) is 1.05. The van der Waals surface area contributed by atoms with Gasteiger partial charge in [0, 0.05) is 6.07 Å². The van der Waals surface area contributed by atoms with Crippen molar-refractivity contribution in [1.29, 1.82) is 0 Å². The van der Waals surface area contributed by atoms with Crippen molar-refractivity contribution in [3.63, 3.8) is 0 Å². The Kier molecular flexibility index (Phi) is 2.54. The molecule has 1 aromatic carbocycles. The van der Waals surface area contributed by atoms with Crippen molar-refractivity contribution in [3.8, 4) is 11.5 Å². The highest BCUT2D eigenvalue weighted by molar-refractivity contribution is 7.80. The number of hydrogen-bond donors (Lipinski definition) is 0. The van der Waals surface area contributed by atoms with Crippen LogP contribution in [-0.2, 0) is 0 Å². The van der Waals surface area contributed by atoms with Gasteiger partial charge in [0.15, 0.2) is 0 Å². The van der Waals surface area contributed by atoms with Crippen molar-refractivity contribution in [2.45, 2.75) is 4.90 Å². The van der Waals surface area contributed by atoms with Crippen LogP contribution in [0.2, 0.25) is 0 Å². The van der Waals surface area contributed by atoms with Crippen molar-refractivity contribution < 1.29 is 9.47 Å². The van der Waals surface area contributed by atoms with Gasteiger partial charge in [-0.25, -0.2) is 0 Å². The molecular formula is C8H9O2S. The molecule has 0 aliphatic rings. The summed E-state index contributed by atoms with van der Waals surface area (Å²) in [5, 5.41) is 0. The quantitative estimate of drug-likeness (QED) is 0.676. The summed E-state index contributed by atoms with van der Waals surface area (Å²) in [4.78, 5) is 0.673. The zero-order valence-corrected chi connectivity index (χ0v) is 7.27. The highest BCUT2D eigenvalue weighted by Crippen LogP contribution is 2.26. The fraction of sp³-hybridized carbons (Fsp3) is 0.250. The van der Waals surface area contributed by atoms with Crippen molar-refractivity contribution in [1.82, 2.24) is 0 Å². The molecule has 0 atom stereocenters. The minimum atomic E-state index is 0.673. The van der Waals surface area contributed by atoms with Gasteiger partial charge in [-0.15, -0.1) is 0 Å². The van der Waals surface area contributed by atoms with Crippen LogP contribution < -0.4 is 9.47 Å². The molecule has 0 saturated carbocycles. The van der Waals surface area contributed by atoms with E-state index in [4.69, 9.17) is 22.1 Å². The first kappa shape index (κ1) is 8.14. The first-order chi connectivity index (χ1) is 5.27. The van der Waals surface area contributed by atoms with Crippen LogP contribution in [-0.4, -0.2) is 14.2 Å². The maximum atomic E-state index is 5.00. The van der Waals surface area contributed by atoms with Gasteiger partial charge in [0.05, 0.1) is 19.1 Å². The Balaban J connectivity index is 2.99. The topological polar surface area (TPSA) is 18.5 Å². The number of ether oxygens (including phenoxy) is 2. The second-order valence-electron chi connectivity index (χ2n) is 2.02. The molecule has 0 N–H and O–H groups in total. The summed E-state index contributed by atoms with van der Waals surface area (Å²) in [5.74, 6) is 1.47. The molecule has 0 fully saturated rings. The summed E-state index contributed by atoms with van der Waals surface area (Å²) < 4.78 is 9.96. The lowest BCUT2D eigenvalue weighted by Crippen LogP contribution is -1.86. The van der Waals surface area contributed by atoms with E-state index >= 15 is 0 Å². The Morgan fingerprint density at radius 3 is 2.36 bits per heavy atom. The number of methoxy groups -OCH3 is 2. The van der Waals surface area contributed by atoms with Gasteiger partial charge in [-0.2, -0.15) is 0 Å². The van der Waals surface area contributed by atoms with Crippen LogP contribution in [0.4, 0.5) is 0 Å². The SMILES string of the molecule is COc1ccc(OC)c([S])c1. The number of benzene rings is 1. The lowest BCUT2D eigenvalue weighted by Gasteiger charge is -2.04. The maximum absolute atomic E-state index is 5.00. The Morgan fingerprint density at radius 2 is 1.91 bits per heavy atom. The zero-order valence-electron chi connectivity index (χ0n) is 6.46. The molecule has 0 spiro atoms. The average molecular weight is 169 g/mol. The minimum Gasteiger partial charge on any atom is -0.497 e. The van der Waals surface area contributed by atoms with Crippen LogP contribution >= 0.6 is 12.6 Å². The van der Waals surface area contributed by atoms with E-state index < -0.39 is 0 Å². The molecule has 2 nitrogen and oxygen atoms in total. The third-order valence-corrected chi connectivity index (χ3v) is 1.69. The lowest BCUT2D eigenvalue weighted by atomic mass is 10.3. The maximum Gasteiger partial charge on any atom is 0.137 e. The third-order valence-electron chi connectivity index (χ3n) is 1.37. The Bertz CT molecular complexity index is 248. The number of rotatable bonds is 2. The summed E-state index contributed by atoms with van der Waals surface area (Å²) in [6, 6.07) is 5.37. The molecule has 1 aromatic rings. The normalized spacial score (nSPS) is 9.27. The molecule has 0 unspecified atom stereocenters. The summed E-state index contributed by atoms with van der Waals surface area (Å²) >= 11 is 5.00. The molecule has 0 heterocycles. The van der Waals surface area contributed by atoms with E-state index in [0.29, 0.717) is 10.6 Å². The van der Waals surface area contributed by atoms with Crippen molar-refractivity contribution in [2.75, 3.05) is 14.2 Å². The van der Waals surface area contributed by atoms with Crippen molar-refractivity contribution in [3.05, 3.63) is 18.2 Å². The zero-order chi connectivity index (χ0) is 8.27. The predicted molar refractivity (Wildman–Crippen MR) is 45.4 cm³/mol. The van der Waals surface area contributed by atoms with Gasteiger partial charge < -0.3 is 9.47 Å². The van der Waals surface area contributed by atoms with E-state index in [2.05, 4.69) is 0 Å². The summed E-state index contributed by atoms with van der Waals surface area (Å²) in [5.41, 5.74) is 0. The van der Waals surface area contributed by atoms with E-state index in [1.807, 2.05) is 6.07 Å². The van der Waals surface area contributed by atoms with Gasteiger partial charge in [0.1, 0.15) is 11.5 Å². The van der Waals surface area contributed by atoms with Crippen LogP contribution in [0.3, 0.4) is 0 Å². The van der Waals surface area contributed by atoms with E-state index in [1.165, 1.54) is 0 Å². The smallest absolute Gasteiger partial charge is 0.137 e. The highest BCUT2D eigenvalue weighted by atomic mass is 32.1. The summed E-state index contributed by atoms with van der Waals surface area (Å²) in [6.45, 7) is 0. The molecule has 3 heteroatoms. The van der Waals surface area contributed by atoms with Crippen LogP contribution in [0.1, 0.15) is 0 Å². The highest BCUT2D eigenvalue weighted by Gasteiger charge is 2.00. The first-order valence-electron chi connectivity index (χ1n) is 3.17. The lowest BCUT2D eigenvalue weighted by molar-refractivity contribution is 0.394. The Morgan fingerprint density at radius 1 is 1.18 bits per heavy atom. The van der Waals surface area contributed by atoms with Gasteiger partial charge in [-0.1, -0.05) is 12.6 Å². The van der Waals surface area contributed by atoms with E-state index in [9.17, 15) is 0 Å². The van der Waals surface area contributed by atoms with Crippen LogP contribution in [0.25, 0.3) is 0 Å². The van der Waals surface area contributed by atoms with E-state index in [0.717, 1.165) is 5.75 Å². The largest absolute Gasteiger partial charge is 0.497 e. The Labute approximate surface area is 71.5 Å². The summed E-state index contributed by atoms with van der Waals surface area (Å²) in [6.07, 6.45) is 0. The molecular weight excluding hydrogens is 160 g/mol. The van der Waals surface area contributed by atoms with Crippen LogP contribution in [0, 0.1) is 0 Å². The number of hydrogen-bond acceptors (Lipinski definition) is 2. The molecule has 0 aromatic heterocycles. The van der Waals surface area contributed by atoms with Gasteiger partial charge in [-0.05, 0) is 12.1 Å². The van der Waals surface area contributed by atoms with Crippen LogP contribution in [0.15, 0.2) is 23.1 Å². The van der Waals surface area contributed by atoms with E-state index in [1.54, 1.807) is 26.4 Å². The Hall–Kier alpha value is -0.960. The second-order valence-corrected chi connectivity index (χ2v) is 2.46. The van der Waals surface area contributed by atoms with Gasteiger partial charge in [0.25, 0.3) is 0 Å². The average Bonchev–Trinajstić information content (AvgIpc) is 2.04. The van der Waals surface area contributed by atoms with Crippen molar-refractivity contribution >= 4 is 12.6 Å². The monoisotopic (exact) mass is 169 g/mol. The molecule has 0 bridgehead atoms. The minimum absolute atomic E-state index is 0.673. The summed E-state index contributed by atoms with van der Waals surface area (Å²) in [7, 11) is 3.20. The third kappa shape index (κ3) is 1.74. The van der Waals surface area contributed by atoms with Gasteiger partial charge in [0.2, 0.25) is 0 Å². The van der Waals surface area contributed by atoms with E-state index in [-0.39, 0.29) is 0 Å². The molecule has 1 rings (SSSR count). The molecule has 0 saturated heterocycles. The predicted octanol–water partition coefficient (Wildman–Crippen LogP) is 2.26. The molecule has 0 amide bonds. The van der Waals surface area contributed by atoms with Crippen LogP contribution in [0.5, 0.6) is 11.5 Å². The van der Waals surface area contributed by atoms with Gasteiger partial charge >= 0.3 is 0 Å². The fourth-order valence-electron chi connectivity index (χ4n) is 0.784.